The summed E-state index contributed by atoms with van der Waals surface area (Å²) in [6, 6.07) is 7.64. The maximum absolute atomic E-state index is 12.0. The van der Waals surface area contributed by atoms with Crippen LogP contribution in [0.4, 0.5) is 0 Å². The lowest BCUT2D eigenvalue weighted by Gasteiger charge is -2.30. The van der Waals surface area contributed by atoms with E-state index in [1.165, 1.54) is 0 Å². The Morgan fingerprint density at radius 2 is 2.00 bits per heavy atom. The van der Waals surface area contributed by atoms with Crippen LogP contribution in [-0.4, -0.2) is 47.7 Å². The molecule has 0 amide bonds. The Bertz CT molecular complexity index is 767. The number of benzene rings is 1. The number of fused-ring (bicyclic) bond motifs is 1. The average Bonchev–Trinajstić information content (AvgIpc) is 2.97. The molecule has 6 heteroatoms. The number of nitrogens with zero attached hydrogens (tertiary/aromatic N) is 3. The van der Waals surface area contributed by atoms with E-state index in [9.17, 15) is 4.79 Å². The second-order valence-corrected chi connectivity index (χ2v) is 5.68. The Hall–Kier alpha value is -2.47. The zero-order valence-corrected chi connectivity index (χ0v) is 12.7. The van der Waals surface area contributed by atoms with Crippen molar-refractivity contribution in [3.63, 3.8) is 0 Å². The van der Waals surface area contributed by atoms with Crippen LogP contribution in [-0.2, 0) is 16.0 Å². The van der Waals surface area contributed by atoms with Gasteiger partial charge in [0.25, 0.3) is 0 Å². The lowest BCUT2D eigenvalue weighted by molar-refractivity contribution is -0.113. The maximum atomic E-state index is 12.0. The summed E-state index contributed by atoms with van der Waals surface area (Å²) in [6.45, 7) is 2.86. The van der Waals surface area contributed by atoms with Crippen LogP contribution in [0.2, 0.25) is 0 Å². The normalized spacial score (nSPS) is 19.0. The standard InChI is InChI=1S/C17H17N3O3/c21-13-9-12(18-16(11-13)20-5-7-22-8-6-20)10-17-19-14-3-1-2-4-15(14)23-17/h1-4,11H,5-10H2. The molecule has 1 aromatic heterocycles. The van der Waals surface area contributed by atoms with Crippen LogP contribution in [0, 0.1) is 0 Å². The van der Waals surface area contributed by atoms with Crippen molar-refractivity contribution < 1.29 is 13.9 Å². The quantitative estimate of drug-likeness (QED) is 0.867. The minimum Gasteiger partial charge on any atom is -0.440 e. The SMILES string of the molecule is O=C1C=C(N2CCOCC2)N=C(Cc2nc3ccccc3o2)C1. The van der Waals surface area contributed by atoms with E-state index >= 15 is 0 Å². The van der Waals surface area contributed by atoms with Crippen LogP contribution in [0.5, 0.6) is 0 Å². The summed E-state index contributed by atoms with van der Waals surface area (Å²) in [6.07, 6.45) is 2.41. The molecule has 0 spiro atoms. The lowest BCUT2D eigenvalue weighted by atomic mass is 10.1. The molecule has 0 N–H and O–H groups in total. The Kier molecular flexibility index (Phi) is 3.67. The van der Waals surface area contributed by atoms with E-state index in [1.807, 2.05) is 24.3 Å². The van der Waals surface area contributed by atoms with Crippen molar-refractivity contribution in [1.82, 2.24) is 9.88 Å². The van der Waals surface area contributed by atoms with E-state index in [-0.39, 0.29) is 5.78 Å². The van der Waals surface area contributed by atoms with Gasteiger partial charge >= 0.3 is 0 Å². The molecule has 1 saturated heterocycles. The highest BCUT2D eigenvalue weighted by Crippen LogP contribution is 2.19. The number of ether oxygens (including phenoxy) is 1. The lowest BCUT2D eigenvalue weighted by Crippen LogP contribution is -2.36. The Balaban J connectivity index is 1.56. The molecule has 3 heterocycles. The topological polar surface area (TPSA) is 67.9 Å². The van der Waals surface area contributed by atoms with Crippen molar-refractivity contribution in [3.8, 4) is 0 Å². The molecule has 0 aliphatic carbocycles. The fourth-order valence-corrected chi connectivity index (χ4v) is 2.86. The highest BCUT2D eigenvalue weighted by molar-refractivity contribution is 6.09. The molecule has 0 atom stereocenters. The summed E-state index contributed by atoms with van der Waals surface area (Å²) in [4.78, 5) is 23.2. The number of allylic oxidation sites excluding steroid dienone is 1. The first-order valence-electron chi connectivity index (χ1n) is 7.76. The molecule has 1 fully saturated rings. The Morgan fingerprint density at radius 3 is 2.83 bits per heavy atom. The molecule has 0 saturated carbocycles. The van der Waals surface area contributed by atoms with E-state index in [0.717, 1.165) is 35.7 Å². The number of para-hydroxylation sites is 2. The Labute approximate surface area is 133 Å². The number of oxazole rings is 1. The number of morpholine rings is 1. The molecule has 0 unspecified atom stereocenters. The Morgan fingerprint density at radius 1 is 1.17 bits per heavy atom. The van der Waals surface area contributed by atoms with Crippen molar-refractivity contribution in [1.29, 1.82) is 0 Å². The molecular formula is C17H17N3O3. The van der Waals surface area contributed by atoms with Crippen molar-refractivity contribution in [2.75, 3.05) is 26.3 Å². The van der Waals surface area contributed by atoms with E-state index < -0.39 is 0 Å². The van der Waals surface area contributed by atoms with E-state index in [4.69, 9.17) is 9.15 Å². The van der Waals surface area contributed by atoms with Gasteiger partial charge in [-0.2, -0.15) is 0 Å². The smallest absolute Gasteiger partial charge is 0.201 e. The number of aliphatic imine (C=N–C) groups is 1. The van der Waals surface area contributed by atoms with Crippen molar-refractivity contribution >= 4 is 22.6 Å². The molecule has 2 aliphatic heterocycles. The first kappa shape index (κ1) is 14.1. The number of rotatable bonds is 3. The number of hydrogen-bond acceptors (Lipinski definition) is 6. The highest BCUT2D eigenvalue weighted by Gasteiger charge is 2.21. The predicted octanol–water partition coefficient (Wildman–Crippen LogP) is 1.96. The van der Waals surface area contributed by atoms with Gasteiger partial charge in [-0.15, -0.1) is 0 Å². The van der Waals surface area contributed by atoms with Crippen LogP contribution in [0.3, 0.4) is 0 Å². The minimum absolute atomic E-state index is 0.0765. The summed E-state index contributed by atoms with van der Waals surface area (Å²) in [5.41, 5.74) is 2.38. The van der Waals surface area contributed by atoms with Gasteiger partial charge in [-0.3, -0.25) is 4.79 Å². The van der Waals surface area contributed by atoms with Gasteiger partial charge in [0.2, 0.25) is 5.89 Å². The molecule has 0 radical (unpaired) electrons. The van der Waals surface area contributed by atoms with Gasteiger partial charge in [0.05, 0.1) is 19.6 Å². The largest absolute Gasteiger partial charge is 0.440 e. The molecule has 4 rings (SSSR count). The number of carbonyl (C=O) groups is 1. The van der Waals surface area contributed by atoms with Crippen LogP contribution in [0.25, 0.3) is 11.1 Å². The maximum Gasteiger partial charge on any atom is 0.201 e. The summed E-state index contributed by atoms with van der Waals surface area (Å²) in [5.74, 6) is 1.41. The van der Waals surface area contributed by atoms with E-state index in [0.29, 0.717) is 31.9 Å². The first-order chi connectivity index (χ1) is 11.3. The summed E-state index contributed by atoms with van der Waals surface area (Å²) in [7, 11) is 0. The third-order valence-corrected chi connectivity index (χ3v) is 3.97. The monoisotopic (exact) mass is 311 g/mol. The summed E-state index contributed by atoms with van der Waals surface area (Å²) >= 11 is 0. The average molecular weight is 311 g/mol. The van der Waals surface area contributed by atoms with Gasteiger partial charge in [-0.05, 0) is 12.1 Å². The first-order valence-corrected chi connectivity index (χ1v) is 7.76. The van der Waals surface area contributed by atoms with Gasteiger partial charge in [0.1, 0.15) is 11.3 Å². The van der Waals surface area contributed by atoms with Crippen LogP contribution >= 0.6 is 0 Å². The van der Waals surface area contributed by atoms with Crippen molar-refractivity contribution in [2.45, 2.75) is 12.8 Å². The second-order valence-electron chi connectivity index (χ2n) is 5.68. The van der Waals surface area contributed by atoms with Gasteiger partial charge in [-0.25, -0.2) is 9.98 Å². The molecule has 6 nitrogen and oxygen atoms in total. The van der Waals surface area contributed by atoms with Gasteiger partial charge in [0.15, 0.2) is 11.4 Å². The number of hydrogen-bond donors (Lipinski definition) is 0. The minimum atomic E-state index is 0.0765. The zero-order chi connectivity index (χ0) is 15.6. The van der Waals surface area contributed by atoms with E-state index in [1.54, 1.807) is 6.08 Å². The molecule has 1 aromatic carbocycles. The van der Waals surface area contributed by atoms with Crippen molar-refractivity contribution in [3.05, 3.63) is 42.1 Å². The molecule has 2 aromatic rings. The molecule has 23 heavy (non-hydrogen) atoms. The second kappa shape index (κ2) is 5.96. The fourth-order valence-electron chi connectivity index (χ4n) is 2.86. The third kappa shape index (κ3) is 3.03. The fraction of sp³-hybridized carbons (Fsp3) is 0.353. The molecule has 118 valence electrons. The number of aromatic nitrogens is 1. The highest BCUT2D eigenvalue weighted by atomic mass is 16.5. The van der Waals surface area contributed by atoms with Crippen LogP contribution in [0.15, 0.2) is 45.6 Å². The van der Waals surface area contributed by atoms with Gasteiger partial charge in [-0.1, -0.05) is 12.1 Å². The number of ketones is 1. The van der Waals surface area contributed by atoms with E-state index in [2.05, 4.69) is 14.9 Å². The molecule has 0 bridgehead atoms. The molecular weight excluding hydrogens is 294 g/mol. The predicted molar refractivity (Wildman–Crippen MR) is 85.2 cm³/mol. The van der Waals surface area contributed by atoms with Gasteiger partial charge < -0.3 is 14.1 Å². The van der Waals surface area contributed by atoms with Crippen LogP contribution in [0.1, 0.15) is 12.3 Å². The molecule has 2 aliphatic rings. The zero-order valence-electron chi connectivity index (χ0n) is 12.7. The number of carbonyl (C=O) groups excluding carboxylic acids is 1. The van der Waals surface area contributed by atoms with Crippen molar-refractivity contribution in [2.24, 2.45) is 4.99 Å². The van der Waals surface area contributed by atoms with Crippen LogP contribution < -0.4 is 0 Å². The summed E-state index contributed by atoms with van der Waals surface area (Å²) < 4.78 is 11.1. The third-order valence-electron chi connectivity index (χ3n) is 3.97. The summed E-state index contributed by atoms with van der Waals surface area (Å²) in [5, 5.41) is 0. The van der Waals surface area contributed by atoms with Gasteiger partial charge in [0, 0.05) is 31.3 Å².